The summed E-state index contributed by atoms with van der Waals surface area (Å²) in [7, 11) is 4.05. The molecule has 1 amide bonds. The van der Waals surface area contributed by atoms with Crippen molar-refractivity contribution < 1.29 is 9.90 Å². The molecule has 0 radical (unpaired) electrons. The van der Waals surface area contributed by atoms with E-state index >= 15 is 0 Å². The van der Waals surface area contributed by atoms with E-state index in [1.54, 1.807) is 11.3 Å². The number of likely N-dealkylation sites (N-methyl/N-ethyl adjacent to an activating group) is 1. The van der Waals surface area contributed by atoms with Gasteiger partial charge in [0.15, 0.2) is 0 Å². The van der Waals surface area contributed by atoms with Gasteiger partial charge in [-0.05, 0) is 82.0 Å². The number of carbonyl (C=O) groups excluding carboxylic acids is 1. The lowest BCUT2D eigenvalue weighted by atomic mass is 9.64. The number of amides is 1. The first-order valence-corrected chi connectivity index (χ1v) is 9.91. The van der Waals surface area contributed by atoms with Crippen LogP contribution < -0.4 is 0 Å². The van der Waals surface area contributed by atoms with Gasteiger partial charge in [-0.25, -0.2) is 0 Å². The molecular formula is C19H30N2O2S. The molecular weight excluding hydrogens is 320 g/mol. The SMILES string of the molecule is Cc1ccsc1C(=O)N1CCC2(CC1)CCC(O)(CN(C)C)CC2. The summed E-state index contributed by atoms with van der Waals surface area (Å²) in [5, 5.41) is 12.7. The number of likely N-dealkylation sites (tertiary alicyclic amines) is 1. The second kappa shape index (κ2) is 6.77. The van der Waals surface area contributed by atoms with Gasteiger partial charge in [0.05, 0.1) is 10.5 Å². The summed E-state index contributed by atoms with van der Waals surface area (Å²) in [6.45, 7) is 4.50. The second-order valence-electron chi connectivity index (χ2n) is 8.19. The maximum absolute atomic E-state index is 12.7. The van der Waals surface area contributed by atoms with Gasteiger partial charge in [-0.2, -0.15) is 0 Å². The minimum absolute atomic E-state index is 0.206. The average Bonchev–Trinajstić information content (AvgIpc) is 2.96. The molecule has 2 fully saturated rings. The Hall–Kier alpha value is -0.910. The third-order valence-corrected chi connectivity index (χ3v) is 7.02. The van der Waals surface area contributed by atoms with E-state index < -0.39 is 5.60 Å². The van der Waals surface area contributed by atoms with Crippen LogP contribution in [0.5, 0.6) is 0 Å². The Balaban J connectivity index is 1.56. The number of hydrogen-bond acceptors (Lipinski definition) is 4. The highest BCUT2D eigenvalue weighted by Gasteiger charge is 2.44. The second-order valence-corrected chi connectivity index (χ2v) is 9.10. The Kier molecular flexibility index (Phi) is 5.05. The minimum atomic E-state index is -0.518. The summed E-state index contributed by atoms with van der Waals surface area (Å²) < 4.78 is 0. The first-order chi connectivity index (χ1) is 11.3. The van der Waals surface area contributed by atoms with Crippen LogP contribution in [0.3, 0.4) is 0 Å². The molecule has 1 aliphatic carbocycles. The first-order valence-electron chi connectivity index (χ1n) is 9.03. The molecule has 1 saturated carbocycles. The van der Waals surface area contributed by atoms with Crippen LogP contribution in [0.25, 0.3) is 0 Å². The molecule has 24 heavy (non-hydrogen) atoms. The number of aliphatic hydroxyl groups is 1. The van der Waals surface area contributed by atoms with Gasteiger partial charge in [-0.1, -0.05) is 0 Å². The van der Waals surface area contributed by atoms with Gasteiger partial charge in [0.1, 0.15) is 0 Å². The van der Waals surface area contributed by atoms with Crippen LogP contribution in [0.15, 0.2) is 11.4 Å². The molecule has 134 valence electrons. The molecule has 0 aromatic carbocycles. The fourth-order valence-corrected chi connectivity index (χ4v) is 5.30. The summed E-state index contributed by atoms with van der Waals surface area (Å²) in [5.41, 5.74) is 0.923. The average molecular weight is 351 g/mol. The number of rotatable bonds is 3. The van der Waals surface area contributed by atoms with E-state index in [2.05, 4.69) is 4.90 Å². The molecule has 1 saturated heterocycles. The van der Waals surface area contributed by atoms with Crippen LogP contribution in [0.2, 0.25) is 0 Å². The summed E-state index contributed by atoms with van der Waals surface area (Å²) in [5.74, 6) is 0.206. The van der Waals surface area contributed by atoms with Crippen molar-refractivity contribution in [2.75, 3.05) is 33.7 Å². The van der Waals surface area contributed by atoms with E-state index in [0.29, 0.717) is 5.41 Å². The van der Waals surface area contributed by atoms with Crippen LogP contribution >= 0.6 is 11.3 Å². The Bertz CT molecular complexity index is 578. The Morgan fingerprint density at radius 1 is 1.21 bits per heavy atom. The third kappa shape index (κ3) is 3.68. The predicted molar refractivity (Wildman–Crippen MR) is 98.6 cm³/mol. The van der Waals surface area contributed by atoms with Crippen molar-refractivity contribution in [3.8, 4) is 0 Å². The van der Waals surface area contributed by atoms with E-state index in [9.17, 15) is 9.90 Å². The van der Waals surface area contributed by atoms with Crippen LogP contribution in [0.1, 0.15) is 53.8 Å². The standard InChI is InChI=1S/C19H30N2O2S/c1-15-4-13-24-16(15)17(22)21-11-9-18(10-12-21)5-7-19(23,8-6-18)14-20(2)3/h4,13,23H,5-12,14H2,1-3H3. The largest absolute Gasteiger partial charge is 0.389 e. The lowest BCUT2D eigenvalue weighted by molar-refractivity contribution is -0.0615. The Morgan fingerprint density at radius 2 is 1.83 bits per heavy atom. The summed E-state index contributed by atoms with van der Waals surface area (Å²) >= 11 is 1.55. The van der Waals surface area contributed by atoms with Gasteiger partial charge >= 0.3 is 0 Å². The number of carbonyl (C=O) groups is 1. The van der Waals surface area contributed by atoms with Gasteiger partial charge in [0, 0.05) is 19.6 Å². The lowest BCUT2D eigenvalue weighted by Crippen LogP contribution is -2.49. The van der Waals surface area contributed by atoms with Crippen molar-refractivity contribution in [3.05, 3.63) is 21.9 Å². The van der Waals surface area contributed by atoms with Crippen LogP contribution in [-0.4, -0.2) is 60.1 Å². The van der Waals surface area contributed by atoms with Crippen LogP contribution in [0, 0.1) is 12.3 Å². The monoisotopic (exact) mass is 350 g/mol. The maximum Gasteiger partial charge on any atom is 0.264 e. The topological polar surface area (TPSA) is 43.8 Å². The number of nitrogens with zero attached hydrogens (tertiary/aromatic N) is 2. The molecule has 3 rings (SSSR count). The molecule has 5 heteroatoms. The number of piperidine rings is 1. The van der Waals surface area contributed by atoms with E-state index in [0.717, 1.165) is 68.6 Å². The molecule has 0 unspecified atom stereocenters. The van der Waals surface area contributed by atoms with Crippen molar-refractivity contribution in [1.82, 2.24) is 9.80 Å². The molecule has 1 spiro atoms. The molecule has 2 heterocycles. The van der Waals surface area contributed by atoms with Gasteiger partial charge in [-0.3, -0.25) is 4.79 Å². The minimum Gasteiger partial charge on any atom is -0.389 e. The molecule has 0 bridgehead atoms. The van der Waals surface area contributed by atoms with E-state index in [1.165, 1.54) is 0 Å². The lowest BCUT2D eigenvalue weighted by Gasteiger charge is -2.48. The van der Waals surface area contributed by atoms with Crippen molar-refractivity contribution in [1.29, 1.82) is 0 Å². The molecule has 4 nitrogen and oxygen atoms in total. The highest BCUT2D eigenvalue weighted by atomic mass is 32.1. The normalized spacial score (nSPS) is 23.0. The third-order valence-electron chi connectivity index (χ3n) is 6.02. The van der Waals surface area contributed by atoms with Crippen molar-refractivity contribution >= 4 is 17.2 Å². The molecule has 1 aliphatic heterocycles. The molecule has 1 aromatic heterocycles. The molecule has 1 N–H and O–H groups in total. The molecule has 1 aromatic rings. The smallest absolute Gasteiger partial charge is 0.264 e. The first kappa shape index (κ1) is 17.9. The Morgan fingerprint density at radius 3 is 2.33 bits per heavy atom. The van der Waals surface area contributed by atoms with Crippen molar-refractivity contribution in [3.63, 3.8) is 0 Å². The zero-order valence-electron chi connectivity index (χ0n) is 15.2. The summed E-state index contributed by atoms with van der Waals surface area (Å²) in [6.07, 6.45) is 6.14. The van der Waals surface area contributed by atoms with Crippen molar-refractivity contribution in [2.24, 2.45) is 5.41 Å². The molecule has 0 atom stereocenters. The van der Waals surface area contributed by atoms with Gasteiger partial charge in [0.25, 0.3) is 5.91 Å². The zero-order chi connectivity index (χ0) is 17.4. The Labute approximate surface area is 149 Å². The van der Waals surface area contributed by atoms with Crippen LogP contribution in [0.4, 0.5) is 0 Å². The summed E-state index contributed by atoms with van der Waals surface area (Å²) in [6, 6.07) is 2.02. The maximum atomic E-state index is 12.7. The predicted octanol–water partition coefficient (Wildman–Crippen LogP) is 3.15. The highest BCUT2D eigenvalue weighted by Crippen LogP contribution is 2.47. The number of thiophene rings is 1. The van der Waals surface area contributed by atoms with Gasteiger partial charge in [-0.15, -0.1) is 11.3 Å². The number of aryl methyl sites for hydroxylation is 1. The van der Waals surface area contributed by atoms with E-state index in [1.807, 2.05) is 37.4 Å². The fraction of sp³-hybridized carbons (Fsp3) is 0.737. The van der Waals surface area contributed by atoms with Gasteiger partial charge < -0.3 is 14.9 Å². The van der Waals surface area contributed by atoms with E-state index in [4.69, 9.17) is 0 Å². The van der Waals surface area contributed by atoms with E-state index in [-0.39, 0.29) is 5.91 Å². The summed E-state index contributed by atoms with van der Waals surface area (Å²) in [4.78, 5) is 17.7. The zero-order valence-corrected chi connectivity index (χ0v) is 16.0. The number of hydrogen-bond donors (Lipinski definition) is 1. The van der Waals surface area contributed by atoms with Crippen LogP contribution in [-0.2, 0) is 0 Å². The van der Waals surface area contributed by atoms with Gasteiger partial charge in [0.2, 0.25) is 0 Å². The quantitative estimate of drug-likeness (QED) is 0.911. The molecule has 2 aliphatic rings. The fourth-order valence-electron chi connectivity index (χ4n) is 4.41. The highest BCUT2D eigenvalue weighted by molar-refractivity contribution is 7.12. The van der Waals surface area contributed by atoms with Crippen molar-refractivity contribution in [2.45, 2.75) is 51.0 Å².